The van der Waals surface area contributed by atoms with E-state index in [2.05, 4.69) is 31.3 Å². The third-order valence-corrected chi connectivity index (χ3v) is 7.12. The lowest BCUT2D eigenvalue weighted by Crippen LogP contribution is -2.31. The second-order valence-electron chi connectivity index (χ2n) is 8.83. The second-order valence-corrected chi connectivity index (χ2v) is 10.0. The summed E-state index contributed by atoms with van der Waals surface area (Å²) in [4.78, 5) is 28.3. The number of nitriles is 1. The van der Waals surface area contributed by atoms with Gasteiger partial charge < -0.3 is 5.32 Å². The molecule has 0 bridgehead atoms. The molecule has 35 heavy (non-hydrogen) atoms. The molecule has 0 aromatic heterocycles. The molecular weight excluding hydrogens is 454 g/mol. The molecule has 1 atom stereocenters. The zero-order valence-corrected chi connectivity index (χ0v) is 20.8. The summed E-state index contributed by atoms with van der Waals surface area (Å²) in [6.07, 6.45) is 0.508. The van der Waals surface area contributed by atoms with Crippen molar-refractivity contribution in [2.24, 2.45) is 0 Å². The third-order valence-electron chi connectivity index (χ3n) is 5.86. The summed E-state index contributed by atoms with van der Waals surface area (Å²) in [6, 6.07) is 26.8. The molecule has 1 aliphatic heterocycles. The van der Waals surface area contributed by atoms with E-state index < -0.39 is 11.2 Å². The van der Waals surface area contributed by atoms with Crippen LogP contribution in [-0.4, -0.2) is 17.1 Å². The van der Waals surface area contributed by atoms with Gasteiger partial charge in [-0.3, -0.25) is 14.5 Å². The van der Waals surface area contributed by atoms with Crippen LogP contribution in [0.2, 0.25) is 0 Å². The Morgan fingerprint density at radius 2 is 1.77 bits per heavy atom. The first-order chi connectivity index (χ1) is 16.9. The summed E-state index contributed by atoms with van der Waals surface area (Å²) in [6.45, 7) is 6.23. The Balaban J connectivity index is 1.73. The van der Waals surface area contributed by atoms with Gasteiger partial charge in [-0.15, -0.1) is 0 Å². The quantitative estimate of drug-likeness (QED) is 0.337. The van der Waals surface area contributed by atoms with Gasteiger partial charge in [-0.2, -0.15) is 5.26 Å². The highest BCUT2D eigenvalue weighted by atomic mass is 32.2. The largest absolute Gasteiger partial charge is 0.321 e. The van der Waals surface area contributed by atoms with Crippen molar-refractivity contribution in [1.29, 1.82) is 5.26 Å². The maximum Gasteiger partial charge on any atom is 0.269 e. The molecule has 1 heterocycles. The van der Waals surface area contributed by atoms with E-state index in [9.17, 15) is 14.9 Å². The topological polar surface area (TPSA) is 73.2 Å². The highest BCUT2D eigenvalue weighted by Crippen LogP contribution is 2.42. The van der Waals surface area contributed by atoms with Gasteiger partial charge in [0.1, 0.15) is 16.7 Å². The van der Waals surface area contributed by atoms with Gasteiger partial charge in [0, 0.05) is 11.4 Å². The van der Waals surface area contributed by atoms with E-state index in [-0.39, 0.29) is 11.5 Å². The molecule has 1 unspecified atom stereocenters. The van der Waals surface area contributed by atoms with Gasteiger partial charge in [-0.1, -0.05) is 85.8 Å². The van der Waals surface area contributed by atoms with Crippen molar-refractivity contribution >= 4 is 35.0 Å². The molecule has 5 nitrogen and oxygen atoms in total. The zero-order valence-electron chi connectivity index (χ0n) is 20.0. The average molecular weight is 482 g/mol. The van der Waals surface area contributed by atoms with Crippen molar-refractivity contribution in [2.75, 3.05) is 10.2 Å². The van der Waals surface area contributed by atoms with Crippen LogP contribution in [0.5, 0.6) is 0 Å². The van der Waals surface area contributed by atoms with Crippen LogP contribution in [-0.2, 0) is 16.0 Å². The average Bonchev–Trinajstić information content (AvgIpc) is 3.15. The predicted octanol–water partition coefficient (Wildman–Crippen LogP) is 6.18. The molecule has 3 aromatic carbocycles. The predicted molar refractivity (Wildman–Crippen MR) is 142 cm³/mol. The van der Waals surface area contributed by atoms with Gasteiger partial charge in [0.05, 0.1) is 5.25 Å². The smallest absolute Gasteiger partial charge is 0.269 e. The fraction of sp³-hybridized carbons (Fsp3) is 0.207. The maximum atomic E-state index is 13.7. The lowest BCUT2D eigenvalue weighted by molar-refractivity contribution is -0.117. The summed E-state index contributed by atoms with van der Waals surface area (Å²) >= 11 is 1.28. The fourth-order valence-corrected chi connectivity index (χ4v) is 5.31. The molecule has 1 aliphatic rings. The van der Waals surface area contributed by atoms with E-state index in [1.54, 1.807) is 12.1 Å². The number of anilines is 2. The van der Waals surface area contributed by atoms with Gasteiger partial charge in [0.2, 0.25) is 5.91 Å². The lowest BCUT2D eigenvalue weighted by atomic mass is 10.0. The summed E-state index contributed by atoms with van der Waals surface area (Å²) in [5.41, 5.74) is 4.47. The van der Waals surface area contributed by atoms with Gasteiger partial charge in [0.25, 0.3) is 5.91 Å². The minimum absolute atomic E-state index is 0.0770. The van der Waals surface area contributed by atoms with E-state index in [1.165, 1.54) is 16.7 Å². The number of benzene rings is 3. The summed E-state index contributed by atoms with van der Waals surface area (Å²) in [5, 5.41) is 12.7. The monoisotopic (exact) mass is 481 g/mol. The van der Waals surface area contributed by atoms with Crippen LogP contribution < -0.4 is 10.2 Å². The van der Waals surface area contributed by atoms with Crippen molar-refractivity contribution in [3.8, 4) is 6.07 Å². The Hall–Kier alpha value is -3.82. The molecule has 1 N–H and O–H groups in total. The Morgan fingerprint density at radius 3 is 2.40 bits per heavy atom. The van der Waals surface area contributed by atoms with E-state index in [4.69, 9.17) is 0 Å². The highest BCUT2D eigenvalue weighted by Gasteiger charge is 2.40. The van der Waals surface area contributed by atoms with Crippen LogP contribution in [0, 0.1) is 18.3 Å². The van der Waals surface area contributed by atoms with E-state index >= 15 is 0 Å². The van der Waals surface area contributed by atoms with Crippen LogP contribution in [0.4, 0.5) is 11.4 Å². The maximum absolute atomic E-state index is 13.7. The molecular formula is C29H27N3O2S. The van der Waals surface area contributed by atoms with Crippen molar-refractivity contribution < 1.29 is 9.59 Å². The van der Waals surface area contributed by atoms with Crippen LogP contribution in [0.15, 0.2) is 89.5 Å². The highest BCUT2D eigenvalue weighted by molar-refractivity contribution is 8.05. The number of carbonyl (C=O) groups is 2. The van der Waals surface area contributed by atoms with Crippen molar-refractivity contribution in [3.05, 3.63) is 106 Å². The van der Waals surface area contributed by atoms with E-state index in [0.717, 1.165) is 16.7 Å². The molecule has 4 rings (SSSR count). The first-order valence-corrected chi connectivity index (χ1v) is 12.4. The Labute approximate surface area is 210 Å². The van der Waals surface area contributed by atoms with Gasteiger partial charge in [-0.05, 0) is 54.7 Å². The molecule has 1 fully saturated rings. The molecule has 6 heteroatoms. The summed E-state index contributed by atoms with van der Waals surface area (Å²) < 4.78 is 0. The normalized spacial score (nSPS) is 16.8. The Kier molecular flexibility index (Phi) is 7.38. The van der Waals surface area contributed by atoms with Crippen molar-refractivity contribution in [2.45, 2.75) is 38.4 Å². The third kappa shape index (κ3) is 5.47. The number of hydrogen-bond acceptors (Lipinski definition) is 4. The van der Waals surface area contributed by atoms with Crippen LogP contribution >= 0.6 is 11.8 Å². The number of aryl methyl sites for hydroxylation is 1. The van der Waals surface area contributed by atoms with Gasteiger partial charge in [0.15, 0.2) is 0 Å². The molecule has 0 saturated carbocycles. The van der Waals surface area contributed by atoms with E-state index in [0.29, 0.717) is 28.7 Å². The number of amides is 2. The molecule has 0 aliphatic carbocycles. The molecule has 2 amide bonds. The summed E-state index contributed by atoms with van der Waals surface area (Å²) in [5.74, 6) is -0.318. The first kappa shape index (κ1) is 24.3. The fourth-order valence-electron chi connectivity index (χ4n) is 4.00. The number of thioether (sulfide) groups is 1. The van der Waals surface area contributed by atoms with Crippen molar-refractivity contribution in [1.82, 2.24) is 0 Å². The van der Waals surface area contributed by atoms with Crippen molar-refractivity contribution in [3.63, 3.8) is 0 Å². The van der Waals surface area contributed by atoms with Crippen LogP contribution in [0.1, 0.15) is 36.5 Å². The molecule has 3 aromatic rings. The van der Waals surface area contributed by atoms with Gasteiger partial charge >= 0.3 is 0 Å². The first-order valence-electron chi connectivity index (χ1n) is 11.5. The zero-order chi connectivity index (χ0) is 24.9. The van der Waals surface area contributed by atoms with Gasteiger partial charge in [-0.25, -0.2) is 0 Å². The lowest BCUT2D eigenvalue weighted by Gasteiger charge is -2.19. The standard InChI is InChI=1S/C29H27N3O2S/c1-19(2)22-12-14-24(15-13-22)32-28(34)26(17-21-9-7-8-20(3)16-21)35-29(32)25(18-30)27(33)31-23-10-5-4-6-11-23/h4-16,19,26H,17H2,1-3H3,(H,31,33)/b29-25-. The number of nitrogens with zero attached hydrogens (tertiary/aromatic N) is 2. The number of para-hydroxylation sites is 1. The Bertz CT molecular complexity index is 1310. The number of rotatable bonds is 6. The minimum Gasteiger partial charge on any atom is -0.321 e. The van der Waals surface area contributed by atoms with E-state index in [1.807, 2.05) is 67.6 Å². The Morgan fingerprint density at radius 1 is 1.06 bits per heavy atom. The number of nitrogens with one attached hydrogen (secondary N) is 1. The van der Waals surface area contributed by atoms with Crippen LogP contribution in [0.25, 0.3) is 0 Å². The minimum atomic E-state index is -0.533. The van der Waals surface area contributed by atoms with Crippen LogP contribution in [0.3, 0.4) is 0 Å². The SMILES string of the molecule is Cc1cccc(CC2S/C(=C(/C#N)C(=O)Nc3ccccc3)N(c3ccc(C(C)C)cc3)C2=O)c1. The number of hydrogen-bond donors (Lipinski definition) is 1. The number of carbonyl (C=O) groups excluding carboxylic acids is 2. The molecule has 176 valence electrons. The summed E-state index contributed by atoms with van der Waals surface area (Å²) in [7, 11) is 0. The molecule has 1 saturated heterocycles. The second kappa shape index (κ2) is 10.6. The molecule has 0 spiro atoms. The molecule has 0 radical (unpaired) electrons.